The van der Waals surface area contributed by atoms with E-state index in [9.17, 15) is 13.2 Å². The zero-order valence-corrected chi connectivity index (χ0v) is 11.7. The minimum Gasteiger partial charge on any atom is -0.399 e. The van der Waals surface area contributed by atoms with Crippen molar-refractivity contribution in [2.45, 2.75) is 32.0 Å². The molecule has 0 aliphatic carbocycles. The summed E-state index contributed by atoms with van der Waals surface area (Å²) in [4.78, 5) is 0. The third-order valence-corrected chi connectivity index (χ3v) is 3.16. The highest BCUT2D eigenvalue weighted by molar-refractivity contribution is 6.33. The van der Waals surface area contributed by atoms with Crippen LogP contribution in [0.1, 0.15) is 19.3 Å². The lowest BCUT2D eigenvalue weighted by molar-refractivity contribution is -0.135. The number of nitrogen functional groups attached to an aromatic ring is 1. The number of tetrazole rings is 1. The van der Waals surface area contributed by atoms with E-state index in [4.69, 9.17) is 17.3 Å². The summed E-state index contributed by atoms with van der Waals surface area (Å²) in [6.07, 6.45) is -4.60. The Hall–Kier alpha value is -1.83. The predicted molar refractivity (Wildman–Crippen MR) is 72.6 cm³/mol. The van der Waals surface area contributed by atoms with Gasteiger partial charge in [-0.05, 0) is 41.5 Å². The van der Waals surface area contributed by atoms with Crippen LogP contribution in [-0.2, 0) is 6.54 Å². The Balaban J connectivity index is 2.05. The fourth-order valence-electron chi connectivity index (χ4n) is 1.85. The standard InChI is InChI=1S/C12H13ClF3N5/c13-10-7-8(17)3-4-9(10)11-18-19-20-21(11)6-2-1-5-12(14,15)16/h3-4,7H,1-2,5-6,17H2. The van der Waals surface area contributed by atoms with E-state index >= 15 is 0 Å². The summed E-state index contributed by atoms with van der Waals surface area (Å²) in [5.74, 6) is 0.409. The van der Waals surface area contributed by atoms with Gasteiger partial charge in [-0.2, -0.15) is 13.2 Å². The molecule has 1 aromatic carbocycles. The van der Waals surface area contributed by atoms with E-state index in [1.54, 1.807) is 18.2 Å². The smallest absolute Gasteiger partial charge is 0.389 e. The van der Waals surface area contributed by atoms with Crippen LogP contribution in [0.15, 0.2) is 18.2 Å². The Bertz CT molecular complexity index is 611. The number of halogens is 4. The van der Waals surface area contributed by atoms with E-state index in [0.717, 1.165) is 0 Å². The van der Waals surface area contributed by atoms with Crippen molar-refractivity contribution in [1.82, 2.24) is 20.2 Å². The number of aryl methyl sites for hydroxylation is 1. The van der Waals surface area contributed by atoms with Gasteiger partial charge in [-0.3, -0.25) is 0 Å². The van der Waals surface area contributed by atoms with E-state index < -0.39 is 12.6 Å². The third-order valence-electron chi connectivity index (χ3n) is 2.85. The van der Waals surface area contributed by atoms with Crippen molar-refractivity contribution in [2.24, 2.45) is 0 Å². The lowest BCUT2D eigenvalue weighted by Gasteiger charge is -2.08. The molecule has 2 N–H and O–H groups in total. The Morgan fingerprint density at radius 2 is 2.00 bits per heavy atom. The number of rotatable bonds is 5. The average Bonchev–Trinajstić information content (AvgIpc) is 2.82. The van der Waals surface area contributed by atoms with E-state index in [1.807, 2.05) is 0 Å². The summed E-state index contributed by atoms with van der Waals surface area (Å²) in [5.41, 5.74) is 6.71. The number of hydrogen-bond acceptors (Lipinski definition) is 4. The van der Waals surface area contributed by atoms with Crippen LogP contribution in [0.3, 0.4) is 0 Å². The molecule has 0 radical (unpaired) electrons. The summed E-state index contributed by atoms with van der Waals surface area (Å²) in [7, 11) is 0. The summed E-state index contributed by atoms with van der Waals surface area (Å²) in [5, 5.41) is 11.6. The zero-order valence-electron chi connectivity index (χ0n) is 10.9. The van der Waals surface area contributed by atoms with Crippen LogP contribution in [0.2, 0.25) is 5.02 Å². The summed E-state index contributed by atoms with van der Waals surface area (Å²) in [6, 6.07) is 4.90. The molecule has 0 spiro atoms. The van der Waals surface area contributed by atoms with Crippen LogP contribution in [0, 0.1) is 0 Å². The van der Waals surface area contributed by atoms with Gasteiger partial charge in [0.1, 0.15) is 0 Å². The van der Waals surface area contributed by atoms with Crippen LogP contribution >= 0.6 is 11.6 Å². The fourth-order valence-corrected chi connectivity index (χ4v) is 2.12. The van der Waals surface area contributed by atoms with Crippen molar-refractivity contribution in [2.75, 3.05) is 5.73 Å². The van der Waals surface area contributed by atoms with E-state index in [2.05, 4.69) is 15.5 Å². The number of unbranched alkanes of at least 4 members (excludes halogenated alkanes) is 1. The molecular weight excluding hydrogens is 307 g/mol. The molecule has 1 heterocycles. The number of anilines is 1. The Kier molecular flexibility index (Phi) is 4.66. The molecule has 9 heteroatoms. The first-order valence-electron chi connectivity index (χ1n) is 6.25. The van der Waals surface area contributed by atoms with Gasteiger partial charge in [0.2, 0.25) is 0 Å². The van der Waals surface area contributed by atoms with Crippen molar-refractivity contribution in [3.8, 4) is 11.4 Å². The molecule has 0 unspecified atom stereocenters. The largest absolute Gasteiger partial charge is 0.399 e. The Labute approximate surface area is 123 Å². The Morgan fingerprint density at radius 1 is 1.24 bits per heavy atom. The molecule has 21 heavy (non-hydrogen) atoms. The predicted octanol–water partition coefficient (Wildman–Crippen LogP) is 3.31. The van der Waals surface area contributed by atoms with E-state index in [-0.39, 0.29) is 6.42 Å². The number of alkyl halides is 3. The minimum atomic E-state index is -4.14. The van der Waals surface area contributed by atoms with Crippen molar-refractivity contribution >= 4 is 17.3 Å². The van der Waals surface area contributed by atoms with Gasteiger partial charge in [-0.1, -0.05) is 11.6 Å². The zero-order chi connectivity index (χ0) is 15.5. The maximum Gasteiger partial charge on any atom is 0.389 e. The topological polar surface area (TPSA) is 69.6 Å². The van der Waals surface area contributed by atoms with Crippen LogP contribution in [0.4, 0.5) is 18.9 Å². The molecule has 0 atom stereocenters. The molecule has 0 aliphatic rings. The van der Waals surface area contributed by atoms with Crippen LogP contribution < -0.4 is 5.73 Å². The van der Waals surface area contributed by atoms with Crippen LogP contribution in [-0.4, -0.2) is 26.4 Å². The van der Waals surface area contributed by atoms with Gasteiger partial charge in [0.25, 0.3) is 0 Å². The minimum absolute atomic E-state index is 0.0261. The molecule has 0 saturated carbocycles. The number of benzene rings is 1. The highest BCUT2D eigenvalue weighted by atomic mass is 35.5. The average molecular weight is 320 g/mol. The molecule has 0 bridgehead atoms. The van der Waals surface area contributed by atoms with Gasteiger partial charge < -0.3 is 5.73 Å². The van der Waals surface area contributed by atoms with Gasteiger partial charge in [-0.25, -0.2) is 4.68 Å². The second-order valence-corrected chi connectivity index (χ2v) is 4.94. The molecule has 0 saturated heterocycles. The molecule has 2 rings (SSSR count). The molecule has 114 valence electrons. The Morgan fingerprint density at radius 3 is 2.67 bits per heavy atom. The second kappa shape index (κ2) is 6.30. The van der Waals surface area contributed by atoms with Gasteiger partial charge >= 0.3 is 6.18 Å². The van der Waals surface area contributed by atoms with Crippen molar-refractivity contribution in [3.63, 3.8) is 0 Å². The summed E-state index contributed by atoms with van der Waals surface area (Å²) in [6.45, 7) is 0.291. The summed E-state index contributed by atoms with van der Waals surface area (Å²) >= 11 is 6.08. The van der Waals surface area contributed by atoms with Gasteiger partial charge in [0.15, 0.2) is 5.82 Å². The number of aromatic nitrogens is 4. The lowest BCUT2D eigenvalue weighted by Crippen LogP contribution is -2.08. The number of nitrogens with two attached hydrogens (primary N) is 1. The summed E-state index contributed by atoms with van der Waals surface area (Å²) < 4.78 is 37.7. The molecule has 0 amide bonds. The third kappa shape index (κ3) is 4.32. The highest BCUT2D eigenvalue weighted by Gasteiger charge is 2.26. The van der Waals surface area contributed by atoms with Crippen LogP contribution in [0.5, 0.6) is 0 Å². The van der Waals surface area contributed by atoms with Gasteiger partial charge in [0.05, 0.1) is 5.02 Å². The first kappa shape index (κ1) is 15.6. The maximum atomic E-state index is 12.1. The van der Waals surface area contributed by atoms with Crippen molar-refractivity contribution in [3.05, 3.63) is 23.2 Å². The fraction of sp³-hybridized carbons (Fsp3) is 0.417. The lowest BCUT2D eigenvalue weighted by atomic mass is 10.2. The van der Waals surface area contributed by atoms with Crippen molar-refractivity contribution < 1.29 is 13.2 Å². The van der Waals surface area contributed by atoms with Gasteiger partial charge in [0, 0.05) is 24.2 Å². The molecule has 0 fully saturated rings. The van der Waals surface area contributed by atoms with Crippen LogP contribution in [0.25, 0.3) is 11.4 Å². The monoisotopic (exact) mass is 319 g/mol. The maximum absolute atomic E-state index is 12.1. The highest BCUT2D eigenvalue weighted by Crippen LogP contribution is 2.28. The number of hydrogen-bond donors (Lipinski definition) is 1. The second-order valence-electron chi connectivity index (χ2n) is 4.54. The first-order chi connectivity index (χ1) is 9.87. The quantitative estimate of drug-likeness (QED) is 0.678. The molecular formula is C12H13ClF3N5. The van der Waals surface area contributed by atoms with Crippen molar-refractivity contribution in [1.29, 1.82) is 0 Å². The normalized spacial score (nSPS) is 11.8. The van der Waals surface area contributed by atoms with Gasteiger partial charge in [-0.15, -0.1) is 5.10 Å². The number of nitrogens with zero attached hydrogens (tertiary/aromatic N) is 4. The molecule has 5 nitrogen and oxygen atoms in total. The molecule has 2 aromatic rings. The van der Waals surface area contributed by atoms with E-state index in [1.165, 1.54) is 4.68 Å². The SMILES string of the molecule is Nc1ccc(-c2nnnn2CCCCC(F)(F)F)c(Cl)c1. The first-order valence-corrected chi connectivity index (χ1v) is 6.63. The van der Waals surface area contributed by atoms with E-state index in [0.29, 0.717) is 35.1 Å². The molecule has 1 aromatic heterocycles. The molecule has 0 aliphatic heterocycles.